The van der Waals surface area contributed by atoms with Crippen LogP contribution in [0.2, 0.25) is 0 Å². The Bertz CT molecular complexity index is 947. The van der Waals surface area contributed by atoms with Gasteiger partial charge in [-0.15, -0.1) is 0 Å². The second kappa shape index (κ2) is 6.71. The number of fused-ring (bicyclic) bond motifs is 1. The third-order valence-corrected chi connectivity index (χ3v) is 3.68. The van der Waals surface area contributed by atoms with Crippen molar-refractivity contribution in [3.05, 3.63) is 71.4 Å². The third-order valence-electron chi connectivity index (χ3n) is 3.68. The van der Waals surface area contributed by atoms with Crippen LogP contribution in [0, 0.1) is 11.3 Å². The van der Waals surface area contributed by atoms with Crippen LogP contribution in [0.25, 0.3) is 17.0 Å². The lowest BCUT2D eigenvalue weighted by Crippen LogP contribution is -2.23. The number of phenolic OH excluding ortho intramolecular Hbond substituents is 1. The number of amides is 1. The van der Waals surface area contributed by atoms with E-state index in [2.05, 4.69) is 10.3 Å². The maximum absolute atomic E-state index is 12.2. The summed E-state index contributed by atoms with van der Waals surface area (Å²) < 4.78 is 0. The van der Waals surface area contributed by atoms with E-state index >= 15 is 0 Å². The molecule has 24 heavy (non-hydrogen) atoms. The molecule has 0 aliphatic heterocycles. The Morgan fingerprint density at radius 3 is 2.71 bits per heavy atom. The van der Waals surface area contributed by atoms with Gasteiger partial charge in [0.15, 0.2) is 0 Å². The lowest BCUT2D eigenvalue weighted by molar-refractivity contribution is -0.117. The number of aromatic amines is 1. The standard InChI is InChI=1S/C19H15N3O2/c20-10-14(9-15-12-21-18-4-2-1-3-17(15)18)19(24)22-11-13-5-7-16(23)8-6-13/h1-9,12,21,23H,11H2,(H,22,24). The van der Waals surface area contributed by atoms with E-state index in [1.54, 1.807) is 36.5 Å². The van der Waals surface area contributed by atoms with E-state index in [0.717, 1.165) is 22.0 Å². The number of phenols is 1. The summed E-state index contributed by atoms with van der Waals surface area (Å²) in [5.74, 6) is -0.266. The van der Waals surface area contributed by atoms with Gasteiger partial charge in [-0.25, -0.2) is 0 Å². The molecule has 3 N–H and O–H groups in total. The largest absolute Gasteiger partial charge is 0.508 e. The SMILES string of the molecule is N#CC(=Cc1c[nH]c2ccccc12)C(=O)NCc1ccc(O)cc1. The van der Waals surface area contributed by atoms with Gasteiger partial charge in [0.25, 0.3) is 5.91 Å². The molecule has 1 aromatic heterocycles. The maximum Gasteiger partial charge on any atom is 0.262 e. The quantitative estimate of drug-likeness (QED) is 0.510. The molecule has 0 saturated heterocycles. The number of rotatable bonds is 4. The van der Waals surface area contributed by atoms with Crippen LogP contribution in [0.3, 0.4) is 0 Å². The van der Waals surface area contributed by atoms with E-state index in [-0.39, 0.29) is 17.9 Å². The van der Waals surface area contributed by atoms with Crippen molar-refractivity contribution in [1.82, 2.24) is 10.3 Å². The Hall–Kier alpha value is -3.52. The lowest BCUT2D eigenvalue weighted by Gasteiger charge is -2.04. The molecule has 3 aromatic rings. The smallest absolute Gasteiger partial charge is 0.262 e. The fraction of sp³-hybridized carbons (Fsp3) is 0.0526. The van der Waals surface area contributed by atoms with Crippen LogP contribution in [0.4, 0.5) is 0 Å². The first-order valence-electron chi connectivity index (χ1n) is 7.41. The number of aromatic hydroxyl groups is 1. The number of nitrogens with one attached hydrogen (secondary N) is 2. The summed E-state index contributed by atoms with van der Waals surface area (Å²) in [5.41, 5.74) is 2.62. The highest BCUT2D eigenvalue weighted by Crippen LogP contribution is 2.20. The van der Waals surface area contributed by atoms with Crippen molar-refractivity contribution in [2.45, 2.75) is 6.54 Å². The van der Waals surface area contributed by atoms with E-state index < -0.39 is 5.91 Å². The number of aromatic nitrogens is 1. The number of H-pyrrole nitrogens is 1. The van der Waals surface area contributed by atoms with Gasteiger partial charge in [0.1, 0.15) is 17.4 Å². The van der Waals surface area contributed by atoms with Crippen LogP contribution in [-0.2, 0) is 11.3 Å². The minimum atomic E-state index is -0.434. The van der Waals surface area contributed by atoms with Crippen molar-refractivity contribution in [2.24, 2.45) is 0 Å². The number of carbonyl (C=O) groups excluding carboxylic acids is 1. The Morgan fingerprint density at radius 1 is 1.21 bits per heavy atom. The average molecular weight is 317 g/mol. The summed E-state index contributed by atoms with van der Waals surface area (Å²) in [4.78, 5) is 15.3. The molecule has 0 spiro atoms. The molecule has 0 aliphatic carbocycles. The molecule has 3 rings (SSSR count). The van der Waals surface area contributed by atoms with Crippen molar-refractivity contribution in [3.63, 3.8) is 0 Å². The van der Waals surface area contributed by atoms with Crippen molar-refractivity contribution >= 4 is 22.9 Å². The molecule has 118 valence electrons. The number of nitrogens with zero attached hydrogens (tertiary/aromatic N) is 1. The minimum absolute atomic E-state index is 0.0403. The van der Waals surface area contributed by atoms with Gasteiger partial charge < -0.3 is 15.4 Å². The summed E-state index contributed by atoms with van der Waals surface area (Å²) in [6.07, 6.45) is 3.35. The zero-order chi connectivity index (χ0) is 16.9. The number of carbonyl (C=O) groups is 1. The first kappa shape index (κ1) is 15.4. The summed E-state index contributed by atoms with van der Waals surface area (Å²) in [7, 11) is 0. The molecule has 0 atom stereocenters. The minimum Gasteiger partial charge on any atom is -0.508 e. The highest BCUT2D eigenvalue weighted by Gasteiger charge is 2.10. The molecule has 0 unspecified atom stereocenters. The van der Waals surface area contributed by atoms with Gasteiger partial charge in [0, 0.05) is 29.2 Å². The molecular weight excluding hydrogens is 302 g/mol. The first-order chi connectivity index (χ1) is 11.7. The van der Waals surface area contributed by atoms with Crippen LogP contribution in [0.1, 0.15) is 11.1 Å². The zero-order valence-corrected chi connectivity index (χ0v) is 12.8. The van der Waals surface area contributed by atoms with E-state index in [9.17, 15) is 15.2 Å². The summed E-state index contributed by atoms with van der Waals surface area (Å²) in [5, 5.41) is 22.2. The Morgan fingerprint density at radius 2 is 1.96 bits per heavy atom. The van der Waals surface area contributed by atoms with E-state index in [1.165, 1.54) is 0 Å². The molecular formula is C19H15N3O2. The molecule has 5 nitrogen and oxygen atoms in total. The highest BCUT2D eigenvalue weighted by molar-refractivity contribution is 6.03. The van der Waals surface area contributed by atoms with Gasteiger partial charge in [-0.05, 0) is 29.8 Å². The second-order valence-electron chi connectivity index (χ2n) is 5.31. The number of hydrogen-bond acceptors (Lipinski definition) is 3. The molecule has 1 heterocycles. The molecule has 0 aliphatic rings. The molecule has 0 fully saturated rings. The van der Waals surface area contributed by atoms with Gasteiger partial charge in [0.05, 0.1) is 0 Å². The fourth-order valence-corrected chi connectivity index (χ4v) is 2.41. The second-order valence-corrected chi connectivity index (χ2v) is 5.31. The van der Waals surface area contributed by atoms with Crippen LogP contribution < -0.4 is 5.32 Å². The topological polar surface area (TPSA) is 88.9 Å². The Balaban J connectivity index is 1.76. The third kappa shape index (κ3) is 3.28. The van der Waals surface area contributed by atoms with Gasteiger partial charge in [-0.2, -0.15) is 5.26 Å². The zero-order valence-electron chi connectivity index (χ0n) is 12.8. The first-order valence-corrected chi connectivity index (χ1v) is 7.41. The summed E-state index contributed by atoms with van der Waals surface area (Å²) >= 11 is 0. The van der Waals surface area contributed by atoms with Crippen molar-refractivity contribution in [1.29, 1.82) is 5.26 Å². The summed E-state index contributed by atoms with van der Waals surface area (Å²) in [6.45, 7) is 0.284. The molecule has 0 bridgehead atoms. The molecule has 5 heteroatoms. The van der Waals surface area contributed by atoms with Gasteiger partial charge in [-0.1, -0.05) is 30.3 Å². The monoisotopic (exact) mass is 317 g/mol. The Labute approximate surface area is 138 Å². The highest BCUT2D eigenvalue weighted by atomic mass is 16.3. The van der Waals surface area contributed by atoms with Crippen LogP contribution in [-0.4, -0.2) is 16.0 Å². The van der Waals surface area contributed by atoms with Gasteiger partial charge in [0.2, 0.25) is 0 Å². The van der Waals surface area contributed by atoms with E-state index in [0.29, 0.717) is 0 Å². The average Bonchev–Trinajstić information content (AvgIpc) is 3.02. The van der Waals surface area contributed by atoms with Crippen LogP contribution in [0.5, 0.6) is 5.75 Å². The predicted molar refractivity (Wildman–Crippen MR) is 91.8 cm³/mol. The van der Waals surface area contributed by atoms with Gasteiger partial charge in [-0.3, -0.25) is 4.79 Å². The van der Waals surface area contributed by atoms with E-state index in [1.807, 2.05) is 30.3 Å². The molecule has 2 aromatic carbocycles. The number of hydrogen-bond donors (Lipinski definition) is 3. The fourth-order valence-electron chi connectivity index (χ4n) is 2.41. The lowest BCUT2D eigenvalue weighted by atomic mass is 10.1. The number of para-hydroxylation sites is 1. The molecule has 1 amide bonds. The van der Waals surface area contributed by atoms with Crippen molar-refractivity contribution in [2.75, 3.05) is 0 Å². The Kier molecular flexibility index (Phi) is 4.30. The normalized spacial score (nSPS) is 11.2. The number of benzene rings is 2. The summed E-state index contributed by atoms with van der Waals surface area (Å²) in [6, 6.07) is 16.2. The van der Waals surface area contributed by atoms with Crippen LogP contribution >= 0.6 is 0 Å². The molecule has 0 saturated carbocycles. The van der Waals surface area contributed by atoms with Crippen LogP contribution in [0.15, 0.2) is 60.3 Å². The van der Waals surface area contributed by atoms with Gasteiger partial charge >= 0.3 is 0 Å². The van der Waals surface area contributed by atoms with Crippen molar-refractivity contribution in [3.8, 4) is 11.8 Å². The van der Waals surface area contributed by atoms with E-state index in [4.69, 9.17) is 0 Å². The maximum atomic E-state index is 12.2. The van der Waals surface area contributed by atoms with Crippen molar-refractivity contribution < 1.29 is 9.90 Å². The number of nitriles is 1. The molecule has 0 radical (unpaired) electrons. The predicted octanol–water partition coefficient (Wildman–Crippen LogP) is 3.10.